The van der Waals surface area contributed by atoms with E-state index in [9.17, 15) is 13.2 Å². The minimum absolute atomic E-state index is 0.0202. The van der Waals surface area contributed by atoms with E-state index in [-0.39, 0.29) is 11.8 Å². The van der Waals surface area contributed by atoms with E-state index in [0.29, 0.717) is 57.4 Å². The third kappa shape index (κ3) is 5.29. The molecule has 0 unspecified atom stereocenters. The number of rotatable bonds is 6. The van der Waals surface area contributed by atoms with Gasteiger partial charge in [0.2, 0.25) is 5.91 Å². The molecule has 0 bridgehead atoms. The van der Waals surface area contributed by atoms with Gasteiger partial charge in [-0.25, -0.2) is 0 Å². The van der Waals surface area contributed by atoms with Crippen molar-refractivity contribution in [2.24, 2.45) is 17.8 Å². The highest BCUT2D eigenvalue weighted by Gasteiger charge is 2.37. The van der Waals surface area contributed by atoms with Crippen LogP contribution in [0.5, 0.6) is 5.75 Å². The highest BCUT2D eigenvalue weighted by Crippen LogP contribution is 2.27. The molecule has 2 fully saturated rings. The van der Waals surface area contributed by atoms with Gasteiger partial charge in [0.15, 0.2) is 0 Å². The van der Waals surface area contributed by atoms with Crippen molar-refractivity contribution in [2.45, 2.75) is 39.7 Å². The number of benzene rings is 1. The van der Waals surface area contributed by atoms with Crippen LogP contribution in [0.2, 0.25) is 0 Å². The molecule has 0 spiro atoms. The number of hydrogen-bond donors (Lipinski definition) is 1. The number of nitrogens with zero attached hydrogens (tertiary/aromatic N) is 2. The van der Waals surface area contributed by atoms with Crippen LogP contribution in [-0.2, 0) is 21.5 Å². The van der Waals surface area contributed by atoms with E-state index in [1.54, 1.807) is 15.7 Å². The standard InChI is InChI=1S/C21H33N3O4S/c1-16-12-17(2)15-24(14-16)29(26,27)23-10-8-18(9-11-23)21(25)22-13-19-6-4-5-7-20(19)28-3/h4-7,16-18H,8-15H2,1-3H3,(H,22,25)/t16-,17-/m0/s1. The van der Waals surface area contributed by atoms with E-state index in [2.05, 4.69) is 19.2 Å². The average molecular weight is 424 g/mol. The minimum Gasteiger partial charge on any atom is -0.496 e. The number of carbonyl (C=O) groups is 1. The van der Waals surface area contributed by atoms with Crippen molar-refractivity contribution in [3.63, 3.8) is 0 Å². The summed E-state index contributed by atoms with van der Waals surface area (Å²) in [5, 5.41) is 2.97. The summed E-state index contributed by atoms with van der Waals surface area (Å²) in [5.74, 6) is 1.33. The molecular formula is C21H33N3O4S. The van der Waals surface area contributed by atoms with Crippen LogP contribution in [0.15, 0.2) is 24.3 Å². The quantitative estimate of drug-likeness (QED) is 0.761. The number of methoxy groups -OCH3 is 1. The van der Waals surface area contributed by atoms with Crippen LogP contribution in [-0.4, -0.2) is 56.2 Å². The fraction of sp³-hybridized carbons (Fsp3) is 0.667. The molecule has 29 heavy (non-hydrogen) atoms. The van der Waals surface area contributed by atoms with E-state index in [4.69, 9.17) is 4.74 Å². The van der Waals surface area contributed by atoms with Gasteiger partial charge in [-0.3, -0.25) is 4.79 Å². The maximum atomic E-state index is 13.0. The number of nitrogens with one attached hydrogen (secondary N) is 1. The Morgan fingerprint density at radius 1 is 1.10 bits per heavy atom. The second-order valence-corrected chi connectivity index (χ2v) is 10.4. The molecule has 2 saturated heterocycles. The first kappa shape index (κ1) is 22.1. The molecular weight excluding hydrogens is 390 g/mol. The second kappa shape index (κ2) is 9.45. The lowest BCUT2D eigenvalue weighted by atomic mass is 9.94. The first-order valence-electron chi connectivity index (χ1n) is 10.5. The van der Waals surface area contributed by atoms with Crippen LogP contribution in [0.1, 0.15) is 38.7 Å². The van der Waals surface area contributed by atoms with Crippen LogP contribution >= 0.6 is 0 Å². The fourth-order valence-corrected chi connectivity index (χ4v) is 6.37. The van der Waals surface area contributed by atoms with Crippen LogP contribution in [0.3, 0.4) is 0 Å². The Balaban J connectivity index is 1.52. The Bertz CT molecular complexity index is 796. The van der Waals surface area contributed by atoms with E-state index < -0.39 is 10.2 Å². The van der Waals surface area contributed by atoms with Gasteiger partial charge in [0.25, 0.3) is 10.2 Å². The molecule has 7 nitrogen and oxygen atoms in total. The topological polar surface area (TPSA) is 79.0 Å². The summed E-state index contributed by atoms with van der Waals surface area (Å²) in [6, 6.07) is 7.60. The molecule has 2 atom stereocenters. The Morgan fingerprint density at radius 3 is 2.34 bits per heavy atom. The van der Waals surface area contributed by atoms with Crippen LogP contribution in [0, 0.1) is 17.8 Å². The van der Waals surface area contributed by atoms with Gasteiger partial charge in [0.1, 0.15) is 5.75 Å². The summed E-state index contributed by atoms with van der Waals surface area (Å²) in [7, 11) is -1.83. The molecule has 2 aliphatic rings. The number of hydrogen-bond acceptors (Lipinski definition) is 4. The second-order valence-electron chi connectivity index (χ2n) is 8.47. The van der Waals surface area contributed by atoms with E-state index >= 15 is 0 Å². The van der Waals surface area contributed by atoms with Gasteiger partial charge in [0.05, 0.1) is 7.11 Å². The largest absolute Gasteiger partial charge is 0.496 e. The molecule has 2 aliphatic heterocycles. The van der Waals surface area contributed by atoms with Gasteiger partial charge < -0.3 is 10.1 Å². The van der Waals surface area contributed by atoms with Crippen LogP contribution in [0.25, 0.3) is 0 Å². The highest BCUT2D eigenvalue weighted by molar-refractivity contribution is 7.86. The van der Waals surface area contributed by atoms with E-state index in [1.807, 2.05) is 24.3 Å². The zero-order chi connectivity index (χ0) is 21.0. The summed E-state index contributed by atoms with van der Waals surface area (Å²) in [4.78, 5) is 12.6. The zero-order valence-corrected chi connectivity index (χ0v) is 18.5. The summed E-state index contributed by atoms with van der Waals surface area (Å²) in [6.45, 7) is 6.60. The summed E-state index contributed by atoms with van der Waals surface area (Å²) < 4.78 is 34.6. The van der Waals surface area contributed by atoms with Crippen molar-refractivity contribution in [2.75, 3.05) is 33.3 Å². The van der Waals surface area contributed by atoms with E-state index in [1.165, 1.54) is 0 Å². The van der Waals surface area contributed by atoms with Gasteiger partial charge >= 0.3 is 0 Å². The van der Waals surface area contributed by atoms with Crippen molar-refractivity contribution < 1.29 is 17.9 Å². The lowest BCUT2D eigenvalue weighted by Gasteiger charge is -2.39. The smallest absolute Gasteiger partial charge is 0.281 e. The predicted octanol–water partition coefficient (Wildman–Crippen LogP) is 2.25. The van der Waals surface area contributed by atoms with Gasteiger partial charge in [-0.15, -0.1) is 0 Å². The molecule has 1 aromatic rings. The maximum Gasteiger partial charge on any atom is 0.281 e. The third-order valence-electron chi connectivity index (χ3n) is 5.96. The molecule has 3 rings (SSSR count). The lowest BCUT2D eigenvalue weighted by molar-refractivity contribution is -0.126. The number of amides is 1. The Hall–Kier alpha value is -1.64. The maximum absolute atomic E-state index is 13.0. The molecule has 8 heteroatoms. The van der Waals surface area contributed by atoms with Gasteiger partial charge in [-0.05, 0) is 37.2 Å². The molecule has 0 aliphatic carbocycles. The summed E-state index contributed by atoms with van der Waals surface area (Å²) >= 11 is 0. The summed E-state index contributed by atoms with van der Waals surface area (Å²) in [5.41, 5.74) is 0.928. The van der Waals surface area contributed by atoms with Crippen molar-refractivity contribution in [1.82, 2.24) is 13.9 Å². The molecule has 2 heterocycles. The van der Waals surface area contributed by atoms with Crippen LogP contribution < -0.4 is 10.1 Å². The van der Waals surface area contributed by atoms with Gasteiger partial charge in [-0.2, -0.15) is 17.0 Å². The van der Waals surface area contributed by atoms with Crippen molar-refractivity contribution >= 4 is 16.1 Å². The first-order valence-corrected chi connectivity index (χ1v) is 11.9. The monoisotopic (exact) mass is 423 g/mol. The molecule has 0 saturated carbocycles. The molecule has 1 N–H and O–H groups in total. The molecule has 1 amide bonds. The van der Waals surface area contributed by atoms with Crippen LogP contribution in [0.4, 0.5) is 0 Å². The Kier molecular flexibility index (Phi) is 7.19. The average Bonchev–Trinajstić information content (AvgIpc) is 2.71. The number of ether oxygens (including phenoxy) is 1. The minimum atomic E-state index is -3.45. The Morgan fingerprint density at radius 2 is 1.72 bits per heavy atom. The number of piperidine rings is 2. The molecule has 0 aromatic heterocycles. The zero-order valence-electron chi connectivity index (χ0n) is 17.6. The molecule has 0 radical (unpaired) electrons. The predicted molar refractivity (Wildman–Crippen MR) is 113 cm³/mol. The normalized spacial score (nSPS) is 24.9. The van der Waals surface area contributed by atoms with Crippen molar-refractivity contribution in [1.29, 1.82) is 0 Å². The first-order chi connectivity index (χ1) is 13.8. The lowest BCUT2D eigenvalue weighted by Crippen LogP contribution is -2.52. The third-order valence-corrected chi connectivity index (χ3v) is 7.93. The fourth-order valence-electron chi connectivity index (χ4n) is 4.48. The summed E-state index contributed by atoms with van der Waals surface area (Å²) in [6.07, 6.45) is 2.17. The molecule has 1 aromatic carbocycles. The van der Waals surface area contributed by atoms with Crippen molar-refractivity contribution in [3.8, 4) is 5.75 Å². The van der Waals surface area contributed by atoms with Gasteiger partial charge in [-0.1, -0.05) is 32.0 Å². The van der Waals surface area contributed by atoms with Gasteiger partial charge in [0, 0.05) is 44.2 Å². The highest BCUT2D eigenvalue weighted by atomic mass is 32.2. The Labute approximate surface area is 174 Å². The van der Waals surface area contributed by atoms with E-state index in [0.717, 1.165) is 17.7 Å². The SMILES string of the molecule is COc1ccccc1CNC(=O)C1CCN(S(=O)(=O)N2C[C@@H](C)C[C@H](C)C2)CC1. The molecule has 162 valence electrons. The number of carbonyl (C=O) groups excluding carboxylic acids is 1. The van der Waals surface area contributed by atoms with Crippen molar-refractivity contribution in [3.05, 3.63) is 29.8 Å². The number of para-hydroxylation sites is 1.